The maximum Gasteiger partial charge on any atom is 0.270 e. The molecule has 0 unspecified atom stereocenters. The maximum atomic E-state index is 11.6. The summed E-state index contributed by atoms with van der Waals surface area (Å²) in [6, 6.07) is 0. The van der Waals surface area contributed by atoms with Gasteiger partial charge in [-0.3, -0.25) is 4.79 Å². The number of thiazole rings is 1. The fraction of sp³-hybridized carbons (Fsp3) is 0.600. The standard InChI is InChI=1S/C10H15N3OS/c11-4-3-9-13-8(6-15-9)10(14)12-5-7-1-2-7/h6-7H,1-5,11H2,(H,12,14). The number of carbonyl (C=O) groups is 1. The smallest absolute Gasteiger partial charge is 0.270 e. The van der Waals surface area contributed by atoms with E-state index >= 15 is 0 Å². The number of hydrogen-bond acceptors (Lipinski definition) is 4. The third kappa shape index (κ3) is 3.00. The van der Waals surface area contributed by atoms with E-state index in [0.717, 1.165) is 18.0 Å². The monoisotopic (exact) mass is 225 g/mol. The third-order valence-corrected chi connectivity index (χ3v) is 3.30. The van der Waals surface area contributed by atoms with Crippen molar-refractivity contribution in [2.24, 2.45) is 11.7 Å². The maximum absolute atomic E-state index is 11.6. The molecule has 1 saturated carbocycles. The van der Waals surface area contributed by atoms with E-state index in [4.69, 9.17) is 5.73 Å². The summed E-state index contributed by atoms with van der Waals surface area (Å²) in [5.74, 6) is 0.650. The van der Waals surface area contributed by atoms with Crippen LogP contribution in [-0.2, 0) is 6.42 Å². The molecule has 1 fully saturated rings. The minimum absolute atomic E-state index is 0.0542. The molecule has 1 aromatic heterocycles. The molecule has 0 bridgehead atoms. The van der Waals surface area contributed by atoms with Crippen LogP contribution in [0, 0.1) is 5.92 Å². The third-order valence-electron chi connectivity index (χ3n) is 2.39. The second-order valence-electron chi connectivity index (χ2n) is 3.82. The SMILES string of the molecule is NCCc1nc(C(=O)NCC2CC2)cs1. The first-order valence-electron chi connectivity index (χ1n) is 5.22. The van der Waals surface area contributed by atoms with E-state index in [1.54, 1.807) is 5.38 Å². The van der Waals surface area contributed by atoms with E-state index < -0.39 is 0 Å². The van der Waals surface area contributed by atoms with Crippen LogP contribution in [0.3, 0.4) is 0 Å². The van der Waals surface area contributed by atoms with Crippen LogP contribution in [0.5, 0.6) is 0 Å². The van der Waals surface area contributed by atoms with Gasteiger partial charge in [0.15, 0.2) is 0 Å². The van der Waals surface area contributed by atoms with Gasteiger partial charge in [0.05, 0.1) is 5.01 Å². The Morgan fingerprint density at radius 2 is 2.47 bits per heavy atom. The van der Waals surface area contributed by atoms with Crippen LogP contribution in [0.1, 0.15) is 28.3 Å². The number of nitrogens with zero attached hydrogens (tertiary/aromatic N) is 1. The van der Waals surface area contributed by atoms with Crippen molar-refractivity contribution in [3.63, 3.8) is 0 Å². The van der Waals surface area contributed by atoms with E-state index in [1.165, 1.54) is 24.2 Å². The molecule has 1 heterocycles. The number of amides is 1. The van der Waals surface area contributed by atoms with Gasteiger partial charge in [-0.25, -0.2) is 4.98 Å². The molecular weight excluding hydrogens is 210 g/mol. The Morgan fingerprint density at radius 3 is 3.13 bits per heavy atom. The summed E-state index contributed by atoms with van der Waals surface area (Å²) in [7, 11) is 0. The lowest BCUT2D eigenvalue weighted by Gasteiger charge is -1.99. The molecule has 1 aliphatic rings. The minimum Gasteiger partial charge on any atom is -0.350 e. The average Bonchev–Trinajstić information content (AvgIpc) is 2.94. The molecule has 0 atom stereocenters. The Kier molecular flexibility index (Phi) is 3.33. The summed E-state index contributed by atoms with van der Waals surface area (Å²) in [5, 5.41) is 5.63. The first-order valence-corrected chi connectivity index (χ1v) is 6.10. The second kappa shape index (κ2) is 4.72. The number of nitrogens with one attached hydrogen (secondary N) is 1. The van der Waals surface area contributed by atoms with Crippen LogP contribution < -0.4 is 11.1 Å². The Labute approximate surface area is 92.9 Å². The molecule has 5 heteroatoms. The fourth-order valence-electron chi connectivity index (χ4n) is 1.30. The van der Waals surface area contributed by atoms with Gasteiger partial charge in [0.25, 0.3) is 5.91 Å². The first kappa shape index (κ1) is 10.6. The predicted molar refractivity (Wildman–Crippen MR) is 59.9 cm³/mol. The van der Waals surface area contributed by atoms with Crippen molar-refractivity contribution < 1.29 is 4.79 Å². The van der Waals surface area contributed by atoms with Crippen LogP contribution in [-0.4, -0.2) is 24.0 Å². The van der Waals surface area contributed by atoms with Crippen molar-refractivity contribution in [2.75, 3.05) is 13.1 Å². The molecule has 0 saturated heterocycles. The molecule has 0 spiro atoms. The quantitative estimate of drug-likeness (QED) is 0.778. The molecule has 82 valence electrons. The van der Waals surface area contributed by atoms with Crippen molar-refractivity contribution in [3.8, 4) is 0 Å². The number of carbonyl (C=O) groups excluding carboxylic acids is 1. The molecule has 0 aliphatic heterocycles. The molecule has 1 aromatic rings. The summed E-state index contributed by atoms with van der Waals surface area (Å²) in [6.45, 7) is 1.37. The van der Waals surface area contributed by atoms with Gasteiger partial charge in [-0.2, -0.15) is 0 Å². The zero-order valence-corrected chi connectivity index (χ0v) is 9.35. The summed E-state index contributed by atoms with van der Waals surface area (Å²) >= 11 is 1.50. The van der Waals surface area contributed by atoms with E-state index in [9.17, 15) is 4.79 Å². The van der Waals surface area contributed by atoms with Gasteiger partial charge in [0, 0.05) is 18.3 Å². The van der Waals surface area contributed by atoms with Crippen molar-refractivity contribution in [2.45, 2.75) is 19.3 Å². The van der Waals surface area contributed by atoms with E-state index in [1.807, 2.05) is 0 Å². The van der Waals surface area contributed by atoms with Crippen molar-refractivity contribution >= 4 is 17.2 Å². The Balaban J connectivity index is 1.86. The normalized spacial score (nSPS) is 15.3. The summed E-state index contributed by atoms with van der Waals surface area (Å²) < 4.78 is 0. The van der Waals surface area contributed by atoms with Crippen LogP contribution >= 0.6 is 11.3 Å². The summed E-state index contributed by atoms with van der Waals surface area (Å²) in [6.07, 6.45) is 3.24. The number of hydrogen-bond donors (Lipinski definition) is 2. The highest BCUT2D eigenvalue weighted by atomic mass is 32.1. The number of rotatable bonds is 5. The van der Waals surface area contributed by atoms with Gasteiger partial charge in [-0.1, -0.05) is 0 Å². The molecule has 15 heavy (non-hydrogen) atoms. The van der Waals surface area contributed by atoms with Gasteiger partial charge in [-0.05, 0) is 25.3 Å². The topological polar surface area (TPSA) is 68.0 Å². The molecule has 0 aromatic carbocycles. The van der Waals surface area contributed by atoms with Gasteiger partial charge in [-0.15, -0.1) is 11.3 Å². The Bertz CT molecular complexity index is 346. The minimum atomic E-state index is -0.0542. The van der Waals surface area contributed by atoms with Crippen LogP contribution in [0.25, 0.3) is 0 Å². The Hall–Kier alpha value is -0.940. The molecule has 3 N–H and O–H groups in total. The Morgan fingerprint density at radius 1 is 1.67 bits per heavy atom. The molecule has 0 radical (unpaired) electrons. The zero-order valence-electron chi connectivity index (χ0n) is 8.53. The van der Waals surface area contributed by atoms with E-state index in [2.05, 4.69) is 10.3 Å². The van der Waals surface area contributed by atoms with Crippen molar-refractivity contribution in [1.82, 2.24) is 10.3 Å². The van der Waals surface area contributed by atoms with Crippen LogP contribution in [0.2, 0.25) is 0 Å². The van der Waals surface area contributed by atoms with Gasteiger partial charge < -0.3 is 11.1 Å². The van der Waals surface area contributed by atoms with Crippen LogP contribution in [0.4, 0.5) is 0 Å². The lowest BCUT2D eigenvalue weighted by Crippen LogP contribution is -2.25. The van der Waals surface area contributed by atoms with E-state index in [-0.39, 0.29) is 5.91 Å². The second-order valence-corrected chi connectivity index (χ2v) is 4.76. The fourth-order valence-corrected chi connectivity index (χ4v) is 2.10. The lowest BCUT2D eigenvalue weighted by molar-refractivity contribution is 0.0947. The lowest BCUT2D eigenvalue weighted by atomic mass is 10.4. The van der Waals surface area contributed by atoms with Gasteiger partial charge >= 0.3 is 0 Å². The largest absolute Gasteiger partial charge is 0.350 e. The highest BCUT2D eigenvalue weighted by molar-refractivity contribution is 7.09. The summed E-state index contributed by atoms with van der Waals surface area (Å²) in [4.78, 5) is 15.8. The van der Waals surface area contributed by atoms with Crippen molar-refractivity contribution in [3.05, 3.63) is 16.1 Å². The number of nitrogens with two attached hydrogens (primary N) is 1. The predicted octanol–water partition coefficient (Wildman–Crippen LogP) is 0.784. The van der Waals surface area contributed by atoms with Crippen molar-refractivity contribution in [1.29, 1.82) is 0 Å². The molecule has 1 amide bonds. The van der Waals surface area contributed by atoms with E-state index in [0.29, 0.717) is 18.2 Å². The molecule has 1 aliphatic carbocycles. The average molecular weight is 225 g/mol. The summed E-state index contributed by atoms with van der Waals surface area (Å²) in [5.41, 5.74) is 5.95. The molecular formula is C10H15N3OS. The van der Waals surface area contributed by atoms with Gasteiger partial charge in [0.1, 0.15) is 5.69 Å². The van der Waals surface area contributed by atoms with Gasteiger partial charge in [0.2, 0.25) is 0 Å². The number of aromatic nitrogens is 1. The van der Waals surface area contributed by atoms with Crippen LogP contribution in [0.15, 0.2) is 5.38 Å². The molecule has 2 rings (SSSR count). The first-order chi connectivity index (χ1) is 7.29. The highest BCUT2D eigenvalue weighted by Gasteiger charge is 2.22. The molecule has 4 nitrogen and oxygen atoms in total. The highest BCUT2D eigenvalue weighted by Crippen LogP contribution is 2.27. The zero-order chi connectivity index (χ0) is 10.7.